The highest BCUT2D eigenvalue weighted by Gasteiger charge is 2.56. The fourth-order valence-electron chi connectivity index (χ4n) is 6.67. The first-order chi connectivity index (χ1) is 18.5. The van der Waals surface area contributed by atoms with Gasteiger partial charge in [-0.2, -0.15) is 0 Å². The third-order valence-corrected chi connectivity index (χ3v) is 8.48. The van der Waals surface area contributed by atoms with Crippen molar-refractivity contribution in [3.8, 4) is 0 Å². The molecule has 206 valence electrons. The molecule has 1 aromatic heterocycles. The molecule has 2 aliphatic rings. The Bertz CT molecular complexity index is 1420. The summed E-state index contributed by atoms with van der Waals surface area (Å²) in [5.41, 5.74) is 7.62. The number of halogens is 1. The monoisotopic (exact) mass is 534 g/mol. The summed E-state index contributed by atoms with van der Waals surface area (Å²) in [4.78, 5) is 43.0. The minimum atomic E-state index is -1.24. The summed E-state index contributed by atoms with van der Waals surface area (Å²) in [6.07, 6.45) is 3.01. The van der Waals surface area contributed by atoms with Crippen molar-refractivity contribution in [2.24, 2.45) is 11.7 Å². The van der Waals surface area contributed by atoms with Crippen molar-refractivity contribution >= 4 is 28.6 Å². The van der Waals surface area contributed by atoms with Crippen LogP contribution in [0.15, 0.2) is 48.7 Å². The number of hydrogen-bond acceptors (Lipinski definition) is 5. The molecule has 1 fully saturated rings. The summed E-state index contributed by atoms with van der Waals surface area (Å²) in [6.45, 7) is 4.54. The maximum Gasteiger partial charge on any atom is 0.303 e. The van der Waals surface area contributed by atoms with Crippen molar-refractivity contribution in [3.05, 3.63) is 71.2 Å². The van der Waals surface area contributed by atoms with E-state index in [0.29, 0.717) is 36.9 Å². The Hall–Kier alpha value is -3.56. The van der Waals surface area contributed by atoms with Crippen LogP contribution < -0.4 is 16.4 Å². The predicted octanol–water partition coefficient (Wildman–Crippen LogP) is 3.15. The van der Waals surface area contributed by atoms with Crippen molar-refractivity contribution in [2.75, 3.05) is 13.1 Å². The molecule has 39 heavy (non-hydrogen) atoms. The lowest BCUT2D eigenvalue weighted by atomic mass is 9.64. The number of nitrogens with one attached hydrogen (secondary N) is 3. The number of piperidine rings is 1. The molecule has 0 saturated carbocycles. The van der Waals surface area contributed by atoms with Crippen LogP contribution >= 0.6 is 0 Å². The lowest BCUT2D eigenvalue weighted by Crippen LogP contribution is -2.57. The number of carbonyl (C=O) groups is 3. The third-order valence-electron chi connectivity index (χ3n) is 8.48. The van der Waals surface area contributed by atoms with Crippen molar-refractivity contribution in [1.82, 2.24) is 15.6 Å². The van der Waals surface area contributed by atoms with E-state index < -0.39 is 46.5 Å². The molecule has 1 aliphatic carbocycles. The maximum absolute atomic E-state index is 14.7. The normalized spacial score (nSPS) is 21.0. The van der Waals surface area contributed by atoms with Crippen molar-refractivity contribution < 1.29 is 23.9 Å². The molecule has 5 rings (SSSR count). The van der Waals surface area contributed by atoms with Gasteiger partial charge in [-0.25, -0.2) is 4.39 Å². The average molecular weight is 535 g/mol. The number of aliphatic carboxylic acids is 1. The Morgan fingerprint density at radius 2 is 1.90 bits per heavy atom. The van der Waals surface area contributed by atoms with Crippen LogP contribution in [0.1, 0.15) is 55.7 Å². The zero-order chi connectivity index (χ0) is 27.9. The van der Waals surface area contributed by atoms with E-state index in [1.807, 2.05) is 24.3 Å². The molecule has 0 unspecified atom stereocenters. The molecule has 6 N–H and O–H groups in total. The van der Waals surface area contributed by atoms with Gasteiger partial charge in [-0.05, 0) is 74.7 Å². The number of Topliss-reactive ketones (excluding diaryl/α,β-unsaturated/α-hetero) is 1. The number of amides is 1. The highest BCUT2D eigenvalue weighted by molar-refractivity contribution is 5.96. The number of aromatic nitrogens is 1. The smallest absolute Gasteiger partial charge is 0.303 e. The standard InChI is InChI=1S/C30H35FN4O4/c1-29(2,32)28(39)35-24(13-17-16-34-23-8-7-18(31)14-20(17)23)27(38)26-21(15-25(36)37)19-5-3-4-6-22(19)30(26)9-11-33-12-10-30/h3-8,14,16,21,24,26,33-34H,9-13,15,32H2,1-2H3,(H,35,39)(H,36,37)/t21-,24+,26-/m0/s1. The molecular weight excluding hydrogens is 499 g/mol. The maximum atomic E-state index is 14.7. The number of aromatic amines is 1. The van der Waals surface area contributed by atoms with Gasteiger partial charge >= 0.3 is 5.97 Å². The van der Waals surface area contributed by atoms with E-state index in [4.69, 9.17) is 5.73 Å². The van der Waals surface area contributed by atoms with Gasteiger partial charge in [-0.3, -0.25) is 14.4 Å². The summed E-state index contributed by atoms with van der Waals surface area (Å²) in [5, 5.41) is 16.8. The average Bonchev–Trinajstić information content (AvgIpc) is 3.39. The number of ketones is 1. The van der Waals surface area contributed by atoms with Crippen LogP contribution in [0.5, 0.6) is 0 Å². The van der Waals surface area contributed by atoms with Crippen LogP contribution in [-0.4, -0.2) is 52.4 Å². The van der Waals surface area contributed by atoms with Gasteiger partial charge in [-0.1, -0.05) is 24.3 Å². The van der Waals surface area contributed by atoms with Crippen LogP contribution in [0.3, 0.4) is 0 Å². The summed E-state index contributed by atoms with van der Waals surface area (Å²) in [6, 6.07) is 11.2. The molecular formula is C30H35FN4O4. The Morgan fingerprint density at radius 1 is 1.18 bits per heavy atom. The second kappa shape index (κ2) is 10.2. The third kappa shape index (κ3) is 4.96. The largest absolute Gasteiger partial charge is 0.481 e. The molecule has 3 aromatic rings. The summed E-state index contributed by atoms with van der Waals surface area (Å²) < 4.78 is 14.1. The molecule has 0 bridgehead atoms. The highest BCUT2D eigenvalue weighted by atomic mass is 19.1. The van der Waals surface area contributed by atoms with E-state index in [0.717, 1.165) is 16.6 Å². The fraction of sp³-hybridized carbons (Fsp3) is 0.433. The van der Waals surface area contributed by atoms with E-state index in [-0.39, 0.29) is 18.6 Å². The van der Waals surface area contributed by atoms with Gasteiger partial charge in [0, 0.05) is 40.8 Å². The molecule has 0 radical (unpaired) electrons. The van der Waals surface area contributed by atoms with Crippen LogP contribution in [0, 0.1) is 11.7 Å². The lowest BCUT2D eigenvalue weighted by Gasteiger charge is -2.42. The van der Waals surface area contributed by atoms with Gasteiger partial charge in [0.05, 0.1) is 18.0 Å². The quantitative estimate of drug-likeness (QED) is 0.301. The molecule has 2 aromatic carbocycles. The Morgan fingerprint density at radius 3 is 2.59 bits per heavy atom. The second-order valence-electron chi connectivity index (χ2n) is 11.5. The van der Waals surface area contributed by atoms with Gasteiger partial charge in [-0.15, -0.1) is 0 Å². The molecule has 1 aliphatic heterocycles. The number of carboxylic acid groups (broad SMARTS) is 1. The van der Waals surface area contributed by atoms with Crippen LogP contribution in [0.25, 0.3) is 10.9 Å². The van der Waals surface area contributed by atoms with E-state index >= 15 is 0 Å². The fourth-order valence-corrected chi connectivity index (χ4v) is 6.67. The summed E-state index contributed by atoms with van der Waals surface area (Å²) >= 11 is 0. The van der Waals surface area contributed by atoms with Gasteiger partial charge in [0.2, 0.25) is 5.91 Å². The first-order valence-corrected chi connectivity index (χ1v) is 13.4. The first kappa shape index (κ1) is 27.0. The molecule has 2 heterocycles. The molecule has 8 nitrogen and oxygen atoms in total. The lowest BCUT2D eigenvalue weighted by molar-refractivity contribution is -0.139. The summed E-state index contributed by atoms with van der Waals surface area (Å²) in [5.74, 6) is -3.27. The van der Waals surface area contributed by atoms with E-state index in [9.17, 15) is 23.9 Å². The molecule has 1 saturated heterocycles. The first-order valence-electron chi connectivity index (χ1n) is 13.4. The predicted molar refractivity (Wildman–Crippen MR) is 146 cm³/mol. The molecule has 3 atom stereocenters. The van der Waals surface area contributed by atoms with E-state index in [1.54, 1.807) is 26.1 Å². The second-order valence-corrected chi connectivity index (χ2v) is 11.5. The number of H-pyrrole nitrogens is 1. The Kier molecular flexibility index (Phi) is 7.07. The minimum absolute atomic E-state index is 0.116. The SMILES string of the molecule is CC(C)(N)C(=O)N[C@H](Cc1c[nH]c2ccc(F)cc12)C(=O)[C@@H]1[C@@H](CC(=O)O)c2ccccc2C12CCNCC2. The summed E-state index contributed by atoms with van der Waals surface area (Å²) in [7, 11) is 0. The van der Waals surface area contributed by atoms with E-state index in [2.05, 4.69) is 15.6 Å². The number of carbonyl (C=O) groups excluding carboxylic acids is 2. The number of fused-ring (bicyclic) bond motifs is 3. The Labute approximate surface area is 226 Å². The number of benzene rings is 2. The number of rotatable bonds is 8. The van der Waals surface area contributed by atoms with Gasteiger partial charge in [0.25, 0.3) is 0 Å². The zero-order valence-electron chi connectivity index (χ0n) is 22.2. The van der Waals surface area contributed by atoms with Crippen molar-refractivity contribution in [2.45, 2.75) is 62.4 Å². The van der Waals surface area contributed by atoms with Crippen LogP contribution in [0.4, 0.5) is 4.39 Å². The molecule has 1 spiro atoms. The number of carboxylic acids is 1. The van der Waals surface area contributed by atoms with Crippen molar-refractivity contribution in [1.29, 1.82) is 0 Å². The van der Waals surface area contributed by atoms with E-state index in [1.165, 1.54) is 12.1 Å². The Balaban J connectivity index is 1.60. The number of hydrogen-bond donors (Lipinski definition) is 5. The van der Waals surface area contributed by atoms with Crippen molar-refractivity contribution in [3.63, 3.8) is 0 Å². The van der Waals surface area contributed by atoms with Crippen LogP contribution in [0.2, 0.25) is 0 Å². The molecule has 9 heteroatoms. The highest BCUT2D eigenvalue weighted by Crippen LogP contribution is 2.56. The topological polar surface area (TPSA) is 137 Å². The van der Waals surface area contributed by atoms with Crippen LogP contribution in [-0.2, 0) is 26.2 Å². The minimum Gasteiger partial charge on any atom is -0.481 e. The zero-order valence-corrected chi connectivity index (χ0v) is 22.2. The van der Waals surface area contributed by atoms with Gasteiger partial charge in [0.15, 0.2) is 5.78 Å². The molecule has 1 amide bonds. The number of nitrogens with two attached hydrogens (primary N) is 1. The van der Waals surface area contributed by atoms with Gasteiger partial charge < -0.3 is 26.5 Å². The van der Waals surface area contributed by atoms with Gasteiger partial charge in [0.1, 0.15) is 5.82 Å².